The molecule has 14 heavy (non-hydrogen) atoms. The molecule has 3 nitrogen and oxygen atoms in total. The Morgan fingerprint density at radius 1 is 1.57 bits per heavy atom. The zero-order valence-electron chi connectivity index (χ0n) is 7.34. The topological polar surface area (TPSA) is 69.1 Å². The van der Waals surface area contributed by atoms with Gasteiger partial charge in [0.05, 0.1) is 0 Å². The zero-order chi connectivity index (χ0) is 10.7. The molecule has 5 heteroatoms. The molecule has 0 aliphatic rings. The van der Waals surface area contributed by atoms with Crippen LogP contribution in [0.25, 0.3) is 0 Å². The molecule has 4 N–H and O–H groups in total. The second kappa shape index (κ2) is 4.39. The number of amides is 1. The molecule has 1 aromatic carbocycles. The molecule has 0 saturated carbocycles. The third-order valence-corrected chi connectivity index (χ3v) is 2.02. The van der Waals surface area contributed by atoms with E-state index in [0.717, 1.165) is 6.07 Å². The molecule has 1 rings (SSSR count). The van der Waals surface area contributed by atoms with Crippen molar-refractivity contribution >= 4 is 17.5 Å². The first-order chi connectivity index (χ1) is 6.50. The molecule has 1 atom stereocenters. The lowest BCUT2D eigenvalue weighted by molar-refractivity contribution is -0.118. The minimum absolute atomic E-state index is 0.0848. The molecule has 0 fully saturated rings. The van der Waals surface area contributed by atoms with Gasteiger partial charge in [-0.2, -0.15) is 0 Å². The van der Waals surface area contributed by atoms with E-state index in [1.54, 1.807) is 0 Å². The lowest BCUT2D eigenvalue weighted by atomic mass is 10.0. The Morgan fingerprint density at radius 3 is 2.71 bits per heavy atom. The minimum atomic E-state index is -0.718. The summed E-state index contributed by atoms with van der Waals surface area (Å²) in [6.45, 7) is 0. The maximum Gasteiger partial charge on any atom is 0.219 e. The van der Waals surface area contributed by atoms with Crippen molar-refractivity contribution in [1.29, 1.82) is 0 Å². The molecule has 0 heterocycles. The molecule has 0 radical (unpaired) electrons. The predicted octanol–water partition coefficient (Wildman–Crippen LogP) is 1.35. The second-order valence-corrected chi connectivity index (χ2v) is 3.38. The number of carbonyl (C=O) groups excluding carboxylic acids is 1. The van der Waals surface area contributed by atoms with Crippen LogP contribution in [0.4, 0.5) is 4.39 Å². The van der Waals surface area contributed by atoms with Crippen LogP contribution in [0.15, 0.2) is 18.2 Å². The van der Waals surface area contributed by atoms with Gasteiger partial charge in [-0.15, -0.1) is 0 Å². The van der Waals surface area contributed by atoms with Crippen molar-refractivity contribution in [2.45, 2.75) is 12.5 Å². The Balaban J connectivity index is 2.90. The van der Waals surface area contributed by atoms with Crippen molar-refractivity contribution in [3.63, 3.8) is 0 Å². The van der Waals surface area contributed by atoms with Crippen molar-refractivity contribution in [2.24, 2.45) is 11.5 Å². The monoisotopic (exact) mass is 216 g/mol. The molecule has 76 valence electrons. The Labute approximate surface area is 85.8 Å². The van der Waals surface area contributed by atoms with Crippen molar-refractivity contribution < 1.29 is 9.18 Å². The smallest absolute Gasteiger partial charge is 0.219 e. The average Bonchev–Trinajstić information content (AvgIpc) is 2.01. The zero-order valence-corrected chi connectivity index (χ0v) is 8.09. The van der Waals surface area contributed by atoms with Gasteiger partial charge in [0.15, 0.2) is 0 Å². The summed E-state index contributed by atoms with van der Waals surface area (Å²) < 4.78 is 13.2. The van der Waals surface area contributed by atoms with Gasteiger partial charge in [0.2, 0.25) is 5.91 Å². The van der Waals surface area contributed by atoms with E-state index in [1.165, 1.54) is 12.1 Å². The predicted molar refractivity (Wildman–Crippen MR) is 52.1 cm³/mol. The number of hydrogen-bond donors (Lipinski definition) is 2. The van der Waals surface area contributed by atoms with Crippen molar-refractivity contribution in [3.8, 4) is 0 Å². The Bertz CT molecular complexity index is 357. The molecule has 0 bridgehead atoms. The summed E-state index contributed by atoms with van der Waals surface area (Å²) in [6.07, 6.45) is -0.0848. The minimum Gasteiger partial charge on any atom is -0.370 e. The van der Waals surface area contributed by atoms with Crippen LogP contribution >= 0.6 is 11.6 Å². The second-order valence-electron chi connectivity index (χ2n) is 2.94. The number of rotatable bonds is 3. The maximum absolute atomic E-state index is 13.2. The number of hydrogen-bond acceptors (Lipinski definition) is 2. The fourth-order valence-corrected chi connectivity index (χ4v) is 1.29. The van der Waals surface area contributed by atoms with Crippen molar-refractivity contribution in [2.75, 3.05) is 0 Å². The van der Waals surface area contributed by atoms with E-state index in [9.17, 15) is 9.18 Å². The Kier molecular flexibility index (Phi) is 3.43. The van der Waals surface area contributed by atoms with Gasteiger partial charge in [-0.05, 0) is 12.1 Å². The molecular weight excluding hydrogens is 207 g/mol. The standard InChI is InChI=1S/C9H10ClFN2O/c10-5-1-2-6(7(11)3-5)8(12)4-9(13)14/h1-3,8H,4,12H2,(H2,13,14)/t8-/m0/s1. The van der Waals surface area contributed by atoms with E-state index in [2.05, 4.69) is 0 Å². The number of primary amides is 1. The van der Waals surface area contributed by atoms with E-state index in [-0.39, 0.29) is 17.0 Å². The first-order valence-electron chi connectivity index (χ1n) is 3.99. The highest BCUT2D eigenvalue weighted by Gasteiger charge is 2.13. The van der Waals surface area contributed by atoms with E-state index < -0.39 is 17.8 Å². The van der Waals surface area contributed by atoms with Gasteiger partial charge >= 0.3 is 0 Å². The quantitative estimate of drug-likeness (QED) is 0.801. The van der Waals surface area contributed by atoms with Gasteiger partial charge in [-0.3, -0.25) is 4.79 Å². The fraction of sp³-hybridized carbons (Fsp3) is 0.222. The van der Waals surface area contributed by atoms with E-state index >= 15 is 0 Å². The van der Waals surface area contributed by atoms with Crippen LogP contribution in [0.5, 0.6) is 0 Å². The number of benzene rings is 1. The van der Waals surface area contributed by atoms with Gasteiger partial charge < -0.3 is 11.5 Å². The molecule has 0 aliphatic carbocycles. The van der Waals surface area contributed by atoms with Gasteiger partial charge in [-0.25, -0.2) is 4.39 Å². The van der Waals surface area contributed by atoms with E-state index in [4.69, 9.17) is 23.1 Å². The molecule has 0 aliphatic heterocycles. The maximum atomic E-state index is 13.2. The van der Waals surface area contributed by atoms with Crippen LogP contribution in [0, 0.1) is 5.82 Å². The molecule has 0 aromatic heterocycles. The number of halogens is 2. The van der Waals surface area contributed by atoms with Crippen LogP contribution in [0.3, 0.4) is 0 Å². The van der Waals surface area contributed by atoms with Gasteiger partial charge in [-0.1, -0.05) is 17.7 Å². The van der Waals surface area contributed by atoms with Crippen LogP contribution in [0.2, 0.25) is 5.02 Å². The summed E-state index contributed by atoms with van der Waals surface area (Å²) in [5.41, 5.74) is 10.7. The van der Waals surface area contributed by atoms with Gasteiger partial charge in [0, 0.05) is 23.0 Å². The Morgan fingerprint density at radius 2 is 2.21 bits per heavy atom. The average molecular weight is 217 g/mol. The number of nitrogens with two attached hydrogens (primary N) is 2. The highest BCUT2D eigenvalue weighted by atomic mass is 35.5. The van der Waals surface area contributed by atoms with E-state index in [1.807, 2.05) is 0 Å². The molecule has 0 unspecified atom stereocenters. The highest BCUT2D eigenvalue weighted by molar-refractivity contribution is 6.30. The Hall–Kier alpha value is -1.13. The van der Waals surface area contributed by atoms with Crippen LogP contribution < -0.4 is 11.5 Å². The highest BCUT2D eigenvalue weighted by Crippen LogP contribution is 2.20. The lowest BCUT2D eigenvalue weighted by Gasteiger charge is -2.10. The summed E-state index contributed by atoms with van der Waals surface area (Å²) in [6, 6.07) is 3.40. The van der Waals surface area contributed by atoms with Crippen molar-refractivity contribution in [3.05, 3.63) is 34.6 Å². The normalized spacial score (nSPS) is 12.5. The first kappa shape index (κ1) is 10.9. The summed E-state index contributed by atoms with van der Waals surface area (Å²) in [5.74, 6) is -1.09. The molecule has 1 amide bonds. The van der Waals surface area contributed by atoms with E-state index in [0.29, 0.717) is 0 Å². The lowest BCUT2D eigenvalue weighted by Crippen LogP contribution is -2.21. The third kappa shape index (κ3) is 2.68. The summed E-state index contributed by atoms with van der Waals surface area (Å²) in [5, 5.41) is 0.289. The van der Waals surface area contributed by atoms with Crippen LogP contribution in [-0.4, -0.2) is 5.91 Å². The molecule has 0 spiro atoms. The molecular formula is C9H10ClFN2O. The van der Waals surface area contributed by atoms with Crippen LogP contribution in [0.1, 0.15) is 18.0 Å². The largest absolute Gasteiger partial charge is 0.370 e. The van der Waals surface area contributed by atoms with Gasteiger partial charge in [0.1, 0.15) is 5.82 Å². The summed E-state index contributed by atoms with van der Waals surface area (Å²) in [4.78, 5) is 10.6. The summed E-state index contributed by atoms with van der Waals surface area (Å²) in [7, 11) is 0. The van der Waals surface area contributed by atoms with Crippen molar-refractivity contribution in [1.82, 2.24) is 0 Å². The SMILES string of the molecule is NC(=O)C[C@H](N)c1ccc(Cl)cc1F. The third-order valence-electron chi connectivity index (χ3n) is 1.78. The van der Waals surface area contributed by atoms with Gasteiger partial charge in [0.25, 0.3) is 0 Å². The van der Waals surface area contributed by atoms with Crippen LogP contribution in [-0.2, 0) is 4.79 Å². The first-order valence-corrected chi connectivity index (χ1v) is 4.37. The fourth-order valence-electron chi connectivity index (χ4n) is 1.13. The summed E-state index contributed by atoms with van der Waals surface area (Å²) >= 11 is 5.55. The molecule has 1 aromatic rings. The molecule has 0 saturated heterocycles. The number of carbonyl (C=O) groups is 1.